The molecule has 0 aliphatic carbocycles. The fourth-order valence-electron chi connectivity index (χ4n) is 8.50. The van der Waals surface area contributed by atoms with Crippen LogP contribution in [0.3, 0.4) is 0 Å². The second kappa shape index (κ2) is 42.5. The van der Waals surface area contributed by atoms with Gasteiger partial charge in [-0.25, -0.2) is 4.18 Å². The maximum absolute atomic E-state index is 12.9. The summed E-state index contributed by atoms with van der Waals surface area (Å²) in [5.41, 5.74) is 0. The van der Waals surface area contributed by atoms with Gasteiger partial charge in [0.15, 0.2) is 6.29 Å². The topological polar surface area (TPSA) is 178 Å². The molecule has 1 fully saturated rings. The number of esters is 1. The molecular weight excluding hydrogens is 825 g/mol. The predicted molar refractivity (Wildman–Crippen MR) is 253 cm³/mol. The third-order valence-electron chi connectivity index (χ3n) is 12.5. The zero-order valence-electron chi connectivity index (χ0n) is 40.4. The minimum Gasteiger partial charge on any atom is -0.457 e. The molecule has 1 aliphatic heterocycles. The van der Waals surface area contributed by atoms with Crippen LogP contribution in [0.2, 0.25) is 0 Å². The van der Waals surface area contributed by atoms with Crippen molar-refractivity contribution in [3.8, 4) is 0 Å². The van der Waals surface area contributed by atoms with E-state index in [1.165, 1.54) is 186 Å². The van der Waals surface area contributed by atoms with Crippen molar-refractivity contribution in [2.24, 2.45) is 0 Å². The smallest absolute Gasteiger partial charge is 0.397 e. The van der Waals surface area contributed by atoms with Crippen LogP contribution in [-0.4, -0.2) is 97.5 Å². The molecule has 1 rings (SSSR count). The Morgan fingerprint density at radius 2 is 0.905 bits per heavy atom. The Balaban J connectivity index is 2.33. The van der Waals surface area contributed by atoms with Gasteiger partial charge in [0.2, 0.25) is 0 Å². The quantitative estimate of drug-likeness (QED) is 0.0258. The summed E-state index contributed by atoms with van der Waals surface area (Å²) in [6.45, 7) is 4.06. The molecule has 6 unspecified atom stereocenters. The minimum absolute atomic E-state index is 0.0452. The number of hydrogen-bond acceptors (Lipinski definition) is 11. The number of aliphatic hydroxyl groups is 3. The highest BCUT2D eigenvalue weighted by Crippen LogP contribution is 2.26. The Morgan fingerprint density at radius 1 is 0.540 bits per heavy atom. The number of ether oxygens (including phenoxy) is 4. The van der Waals surface area contributed by atoms with Crippen LogP contribution in [-0.2, 0) is 38.3 Å². The molecule has 0 aromatic rings. The van der Waals surface area contributed by atoms with Gasteiger partial charge in [-0.3, -0.25) is 9.35 Å². The maximum atomic E-state index is 12.9. The predicted octanol–water partition coefficient (Wildman–Crippen LogP) is 12.0. The van der Waals surface area contributed by atoms with Gasteiger partial charge in [-0.15, -0.1) is 0 Å². The van der Waals surface area contributed by atoms with Crippen molar-refractivity contribution in [1.29, 1.82) is 0 Å². The van der Waals surface area contributed by atoms with Crippen molar-refractivity contribution >= 4 is 16.4 Å². The lowest BCUT2D eigenvalue weighted by molar-refractivity contribution is -0.301. The van der Waals surface area contributed by atoms with Crippen LogP contribution in [0.4, 0.5) is 0 Å². The van der Waals surface area contributed by atoms with Crippen LogP contribution < -0.4 is 0 Å². The van der Waals surface area contributed by atoms with E-state index in [-0.39, 0.29) is 19.6 Å². The molecule has 63 heavy (non-hydrogen) atoms. The average Bonchev–Trinajstić information content (AvgIpc) is 3.26. The molecule has 6 atom stereocenters. The van der Waals surface area contributed by atoms with Crippen LogP contribution in [0.5, 0.6) is 0 Å². The van der Waals surface area contributed by atoms with Crippen LogP contribution in [0.15, 0.2) is 0 Å². The molecule has 1 heterocycles. The second-order valence-corrected chi connectivity index (χ2v) is 19.5. The summed E-state index contributed by atoms with van der Waals surface area (Å²) in [6.07, 6.45) is 37.0. The number of carbonyl (C=O) groups is 1. The second-order valence-electron chi connectivity index (χ2n) is 18.5. The largest absolute Gasteiger partial charge is 0.457 e. The molecule has 12 nitrogen and oxygen atoms in total. The maximum Gasteiger partial charge on any atom is 0.397 e. The first-order chi connectivity index (χ1) is 30.6. The van der Waals surface area contributed by atoms with Crippen molar-refractivity contribution in [2.45, 2.75) is 288 Å². The van der Waals surface area contributed by atoms with E-state index in [0.29, 0.717) is 13.0 Å². The first-order valence-electron chi connectivity index (χ1n) is 26.3. The van der Waals surface area contributed by atoms with E-state index in [9.17, 15) is 33.1 Å². The Kier molecular flexibility index (Phi) is 40.5. The fraction of sp³-hybridized carbons (Fsp3) is 0.980. The van der Waals surface area contributed by atoms with E-state index in [1.807, 2.05) is 0 Å². The highest BCUT2D eigenvalue weighted by molar-refractivity contribution is 7.80. The van der Waals surface area contributed by atoms with Gasteiger partial charge in [0.1, 0.15) is 30.5 Å². The molecule has 0 radical (unpaired) electrons. The van der Waals surface area contributed by atoms with E-state index in [0.717, 1.165) is 38.5 Å². The van der Waals surface area contributed by atoms with E-state index >= 15 is 0 Å². The van der Waals surface area contributed by atoms with Gasteiger partial charge in [0.05, 0.1) is 19.8 Å². The molecule has 0 amide bonds. The summed E-state index contributed by atoms with van der Waals surface area (Å²) in [4.78, 5) is 12.9. The summed E-state index contributed by atoms with van der Waals surface area (Å²) in [5.74, 6) is -0.390. The van der Waals surface area contributed by atoms with E-state index in [4.69, 9.17) is 18.9 Å². The summed E-state index contributed by atoms with van der Waals surface area (Å²) in [7, 11) is -5.06. The molecule has 0 saturated carbocycles. The normalized spacial score (nSPS) is 19.7. The number of unbranched alkanes of at least 4 members (excludes halogenated alkanes) is 34. The zero-order valence-corrected chi connectivity index (χ0v) is 41.2. The van der Waals surface area contributed by atoms with Gasteiger partial charge < -0.3 is 34.3 Å². The molecule has 1 aliphatic rings. The van der Waals surface area contributed by atoms with Gasteiger partial charge >= 0.3 is 16.4 Å². The van der Waals surface area contributed by atoms with Gasteiger partial charge in [0.25, 0.3) is 0 Å². The number of aliphatic hydroxyl groups excluding tert-OH is 3. The molecule has 0 bridgehead atoms. The van der Waals surface area contributed by atoms with Crippen molar-refractivity contribution < 1.29 is 56.2 Å². The lowest BCUT2D eigenvalue weighted by Crippen LogP contribution is -2.60. The molecule has 0 spiro atoms. The first-order valence-corrected chi connectivity index (χ1v) is 27.7. The summed E-state index contributed by atoms with van der Waals surface area (Å²) in [6, 6.07) is 0. The molecule has 376 valence electrons. The lowest BCUT2D eigenvalue weighted by atomic mass is 9.99. The van der Waals surface area contributed by atoms with Gasteiger partial charge in [-0.05, 0) is 12.8 Å². The molecule has 4 N–H and O–H groups in total. The molecule has 0 aromatic carbocycles. The highest BCUT2D eigenvalue weighted by Gasteiger charge is 2.48. The molecular formula is C50H98O12S. The third kappa shape index (κ3) is 35.9. The van der Waals surface area contributed by atoms with Gasteiger partial charge in [-0.2, -0.15) is 8.42 Å². The number of carbonyl (C=O) groups excluding carboxylic acids is 1. The van der Waals surface area contributed by atoms with Crippen molar-refractivity contribution in [3.63, 3.8) is 0 Å². The highest BCUT2D eigenvalue weighted by atomic mass is 32.3. The van der Waals surface area contributed by atoms with Gasteiger partial charge in [-0.1, -0.05) is 232 Å². The SMILES string of the molecule is CCCCCCCCCCCCCCCCCCCCCC(=O)OC(COCCCCCCCCCCCCCCCCCCC)COC1OC(CO)C(O)C(OS(=O)(=O)O)C1O. The van der Waals surface area contributed by atoms with Crippen LogP contribution in [0.1, 0.15) is 251 Å². The summed E-state index contributed by atoms with van der Waals surface area (Å²) < 4.78 is 59.3. The van der Waals surface area contributed by atoms with Crippen LogP contribution in [0.25, 0.3) is 0 Å². The monoisotopic (exact) mass is 923 g/mol. The zero-order chi connectivity index (χ0) is 46.1. The summed E-state index contributed by atoms with van der Waals surface area (Å²) in [5, 5.41) is 30.8. The number of hydrogen-bond donors (Lipinski definition) is 4. The van der Waals surface area contributed by atoms with E-state index in [1.54, 1.807) is 0 Å². The first kappa shape index (κ1) is 60.1. The molecule has 13 heteroatoms. The lowest BCUT2D eigenvalue weighted by Gasteiger charge is -2.41. The average molecular weight is 923 g/mol. The summed E-state index contributed by atoms with van der Waals surface area (Å²) >= 11 is 0. The molecule has 1 saturated heterocycles. The van der Waals surface area contributed by atoms with Crippen molar-refractivity contribution in [1.82, 2.24) is 0 Å². The van der Waals surface area contributed by atoms with E-state index < -0.39 is 59.8 Å². The van der Waals surface area contributed by atoms with Gasteiger partial charge in [0, 0.05) is 13.0 Å². The van der Waals surface area contributed by atoms with Crippen LogP contribution in [0, 0.1) is 0 Å². The van der Waals surface area contributed by atoms with Crippen LogP contribution >= 0.6 is 0 Å². The number of rotatable bonds is 47. The Hall–Kier alpha value is -0.900. The Bertz CT molecular complexity index is 1110. The standard InChI is InChI=1S/C50H98O12S/c1-3-5-7-9-11-13-15-17-19-21-22-23-25-27-29-31-33-35-37-39-46(52)60-44(43-59-50-48(54)49(62-63(55,56)57)47(53)45(41-51)61-50)42-58-40-38-36-34-32-30-28-26-24-20-18-16-14-12-10-8-6-4-2/h44-45,47-51,53-54H,3-43H2,1-2H3,(H,55,56,57). The fourth-order valence-corrected chi connectivity index (χ4v) is 9.01. The Labute approximate surface area is 386 Å². The Morgan fingerprint density at radius 3 is 1.27 bits per heavy atom. The third-order valence-corrected chi connectivity index (χ3v) is 12.9. The van der Waals surface area contributed by atoms with Crippen molar-refractivity contribution in [3.05, 3.63) is 0 Å². The minimum atomic E-state index is -5.06. The van der Waals surface area contributed by atoms with Crippen molar-refractivity contribution in [2.75, 3.05) is 26.4 Å². The molecule has 0 aromatic heterocycles. The van der Waals surface area contributed by atoms with E-state index in [2.05, 4.69) is 18.0 Å².